The number of carbonyl (C=O) groups is 3. The first kappa shape index (κ1) is 19.1. The van der Waals surface area contributed by atoms with Crippen LogP contribution in [0.1, 0.15) is 39.5 Å². The van der Waals surface area contributed by atoms with Crippen molar-refractivity contribution >= 4 is 17.7 Å². The molecular formula is C19H32N4O3. The highest BCUT2D eigenvalue weighted by atomic mass is 16.2. The third-order valence-corrected chi connectivity index (χ3v) is 5.51. The summed E-state index contributed by atoms with van der Waals surface area (Å²) < 4.78 is 0. The van der Waals surface area contributed by atoms with Crippen LogP contribution >= 0.6 is 0 Å². The second-order valence-electron chi connectivity index (χ2n) is 8.22. The lowest BCUT2D eigenvalue weighted by Gasteiger charge is -2.39. The van der Waals surface area contributed by atoms with E-state index in [2.05, 4.69) is 10.2 Å². The SMILES string of the molecule is CC(C)NC(=O)CN1CCN(C(=O)C2CCCN(C(=O)C3CC3)C2)CC1. The number of carbonyl (C=O) groups excluding carboxylic acids is 3. The number of piperidine rings is 1. The van der Waals surface area contributed by atoms with Crippen LogP contribution in [0.15, 0.2) is 0 Å². The Kier molecular flexibility index (Phi) is 6.16. The fraction of sp³-hybridized carbons (Fsp3) is 0.842. The maximum Gasteiger partial charge on any atom is 0.234 e. The summed E-state index contributed by atoms with van der Waals surface area (Å²) in [5, 5.41) is 2.91. The molecule has 0 aromatic carbocycles. The van der Waals surface area contributed by atoms with Crippen LogP contribution in [0.3, 0.4) is 0 Å². The lowest BCUT2D eigenvalue weighted by atomic mass is 9.95. The van der Waals surface area contributed by atoms with Gasteiger partial charge in [-0.3, -0.25) is 19.3 Å². The molecule has 0 aromatic rings. The van der Waals surface area contributed by atoms with Gasteiger partial charge in [0.1, 0.15) is 0 Å². The first-order valence-corrected chi connectivity index (χ1v) is 10.0. The fourth-order valence-electron chi connectivity index (χ4n) is 3.92. The standard InChI is InChI=1S/C19H32N4O3/c1-14(2)20-17(24)13-21-8-10-22(11-9-21)19(26)16-4-3-7-23(12-16)18(25)15-5-6-15/h14-16H,3-13H2,1-2H3,(H,20,24). The number of likely N-dealkylation sites (tertiary alicyclic amines) is 1. The molecule has 1 atom stereocenters. The predicted octanol–water partition coefficient (Wildman–Crippen LogP) is 0.304. The summed E-state index contributed by atoms with van der Waals surface area (Å²) >= 11 is 0. The van der Waals surface area contributed by atoms with Gasteiger partial charge in [-0.25, -0.2) is 0 Å². The number of hydrogen-bond donors (Lipinski definition) is 1. The van der Waals surface area contributed by atoms with Crippen molar-refractivity contribution in [2.45, 2.75) is 45.6 Å². The van der Waals surface area contributed by atoms with Crippen molar-refractivity contribution < 1.29 is 14.4 Å². The molecule has 1 saturated carbocycles. The van der Waals surface area contributed by atoms with Crippen molar-refractivity contribution in [1.29, 1.82) is 0 Å². The van der Waals surface area contributed by atoms with Crippen LogP contribution < -0.4 is 5.32 Å². The molecule has 0 spiro atoms. The molecule has 26 heavy (non-hydrogen) atoms. The Morgan fingerprint density at radius 1 is 0.885 bits per heavy atom. The van der Waals surface area contributed by atoms with Crippen LogP contribution in [0.4, 0.5) is 0 Å². The average molecular weight is 364 g/mol. The molecule has 0 aromatic heterocycles. The molecule has 2 aliphatic heterocycles. The van der Waals surface area contributed by atoms with E-state index in [-0.39, 0.29) is 35.6 Å². The number of rotatable bonds is 5. The topological polar surface area (TPSA) is 73.0 Å². The molecule has 1 N–H and O–H groups in total. The Hall–Kier alpha value is -1.63. The minimum absolute atomic E-state index is 0.0429. The van der Waals surface area contributed by atoms with Crippen LogP contribution in [0.5, 0.6) is 0 Å². The summed E-state index contributed by atoms with van der Waals surface area (Å²) in [5.41, 5.74) is 0. The summed E-state index contributed by atoms with van der Waals surface area (Å²) in [6, 6.07) is 0.151. The van der Waals surface area contributed by atoms with Crippen molar-refractivity contribution in [3.05, 3.63) is 0 Å². The summed E-state index contributed by atoms with van der Waals surface area (Å²) in [6.45, 7) is 8.49. The lowest BCUT2D eigenvalue weighted by molar-refractivity contribution is -0.142. The molecule has 3 fully saturated rings. The highest BCUT2D eigenvalue weighted by Crippen LogP contribution is 2.32. The third-order valence-electron chi connectivity index (χ3n) is 5.51. The molecule has 146 valence electrons. The van der Waals surface area contributed by atoms with E-state index in [4.69, 9.17) is 0 Å². The van der Waals surface area contributed by atoms with Crippen molar-refractivity contribution in [3.63, 3.8) is 0 Å². The molecule has 0 bridgehead atoms. The normalized spacial score (nSPS) is 24.7. The summed E-state index contributed by atoms with van der Waals surface area (Å²) in [4.78, 5) is 43.0. The molecule has 1 aliphatic carbocycles. The maximum atomic E-state index is 12.9. The van der Waals surface area contributed by atoms with Crippen molar-refractivity contribution in [1.82, 2.24) is 20.0 Å². The zero-order chi connectivity index (χ0) is 18.7. The largest absolute Gasteiger partial charge is 0.353 e. The van der Waals surface area contributed by atoms with E-state index in [1.807, 2.05) is 23.6 Å². The van der Waals surface area contributed by atoms with Crippen LogP contribution in [0, 0.1) is 11.8 Å². The molecule has 0 radical (unpaired) electrons. The Bertz CT molecular complexity index is 539. The smallest absolute Gasteiger partial charge is 0.234 e. The predicted molar refractivity (Wildman–Crippen MR) is 98.3 cm³/mol. The quantitative estimate of drug-likeness (QED) is 0.762. The van der Waals surface area contributed by atoms with Crippen LogP contribution in [-0.2, 0) is 14.4 Å². The van der Waals surface area contributed by atoms with Crippen molar-refractivity contribution in [2.24, 2.45) is 11.8 Å². The first-order chi connectivity index (χ1) is 12.4. The minimum Gasteiger partial charge on any atom is -0.353 e. The van der Waals surface area contributed by atoms with Crippen LogP contribution in [-0.4, -0.2) is 84.3 Å². The van der Waals surface area contributed by atoms with Gasteiger partial charge in [0.2, 0.25) is 17.7 Å². The van der Waals surface area contributed by atoms with Gasteiger partial charge in [-0.05, 0) is 39.5 Å². The molecular weight excluding hydrogens is 332 g/mol. The van der Waals surface area contributed by atoms with Crippen LogP contribution in [0.25, 0.3) is 0 Å². The number of nitrogens with zero attached hydrogens (tertiary/aromatic N) is 3. The number of nitrogens with one attached hydrogen (secondary N) is 1. The fourth-order valence-corrected chi connectivity index (χ4v) is 3.92. The molecule has 1 unspecified atom stereocenters. The minimum atomic E-state index is -0.0535. The Morgan fingerprint density at radius 2 is 1.54 bits per heavy atom. The molecule has 2 saturated heterocycles. The van der Waals surface area contributed by atoms with Crippen LogP contribution in [0.2, 0.25) is 0 Å². The molecule has 7 nitrogen and oxygen atoms in total. The zero-order valence-corrected chi connectivity index (χ0v) is 16.1. The number of amides is 3. The van der Waals surface area contributed by atoms with Gasteiger partial charge in [0.05, 0.1) is 12.5 Å². The average Bonchev–Trinajstić information content (AvgIpc) is 3.45. The molecule has 3 rings (SSSR count). The summed E-state index contributed by atoms with van der Waals surface area (Å²) in [6.07, 6.45) is 3.83. The van der Waals surface area contributed by atoms with E-state index in [1.54, 1.807) is 0 Å². The van der Waals surface area contributed by atoms with E-state index >= 15 is 0 Å². The first-order valence-electron chi connectivity index (χ1n) is 10.0. The molecule has 2 heterocycles. The zero-order valence-electron chi connectivity index (χ0n) is 16.1. The Balaban J connectivity index is 1.44. The van der Waals surface area contributed by atoms with Crippen molar-refractivity contribution in [3.8, 4) is 0 Å². The van der Waals surface area contributed by atoms with E-state index in [0.717, 1.165) is 45.3 Å². The van der Waals surface area contributed by atoms with Gasteiger partial charge >= 0.3 is 0 Å². The third kappa shape index (κ3) is 4.96. The highest BCUT2D eigenvalue weighted by molar-refractivity contribution is 5.83. The second kappa shape index (κ2) is 8.37. The van der Waals surface area contributed by atoms with E-state index in [0.29, 0.717) is 26.2 Å². The number of hydrogen-bond acceptors (Lipinski definition) is 4. The van der Waals surface area contributed by atoms with Crippen molar-refractivity contribution in [2.75, 3.05) is 45.8 Å². The summed E-state index contributed by atoms with van der Waals surface area (Å²) in [5.74, 6) is 0.654. The maximum absolute atomic E-state index is 12.9. The lowest BCUT2D eigenvalue weighted by Crippen LogP contribution is -2.54. The summed E-state index contributed by atoms with van der Waals surface area (Å²) in [7, 11) is 0. The Morgan fingerprint density at radius 3 is 2.15 bits per heavy atom. The van der Waals surface area contributed by atoms with E-state index in [1.165, 1.54) is 0 Å². The van der Waals surface area contributed by atoms with Gasteiger partial charge in [-0.2, -0.15) is 0 Å². The van der Waals surface area contributed by atoms with Gasteiger partial charge in [-0.15, -0.1) is 0 Å². The Labute approximate surface area is 156 Å². The molecule has 3 aliphatic rings. The highest BCUT2D eigenvalue weighted by Gasteiger charge is 2.38. The molecule has 7 heteroatoms. The van der Waals surface area contributed by atoms with Gasteiger partial charge in [0.25, 0.3) is 0 Å². The number of piperazine rings is 1. The van der Waals surface area contributed by atoms with Gasteiger partial charge in [0.15, 0.2) is 0 Å². The van der Waals surface area contributed by atoms with E-state index in [9.17, 15) is 14.4 Å². The van der Waals surface area contributed by atoms with Gasteiger partial charge < -0.3 is 15.1 Å². The molecule has 3 amide bonds. The monoisotopic (exact) mass is 364 g/mol. The van der Waals surface area contributed by atoms with Gasteiger partial charge in [-0.1, -0.05) is 0 Å². The van der Waals surface area contributed by atoms with E-state index < -0.39 is 0 Å². The second-order valence-corrected chi connectivity index (χ2v) is 8.22. The van der Waals surface area contributed by atoms with Gasteiger partial charge in [0, 0.05) is 51.2 Å².